The number of nitrogens with two attached hydrogens (primary N) is 1. The normalized spacial score (nSPS) is 10.3. The Morgan fingerprint density at radius 3 is 2.50 bits per heavy atom. The summed E-state index contributed by atoms with van der Waals surface area (Å²) >= 11 is 1.31. The van der Waals surface area contributed by atoms with Gasteiger partial charge in [0.25, 0.3) is 5.91 Å². The summed E-state index contributed by atoms with van der Waals surface area (Å²) in [5, 5.41) is 8.79. The lowest BCUT2D eigenvalue weighted by atomic mass is 10.1. The highest BCUT2D eigenvalue weighted by Gasteiger charge is 2.22. The molecule has 7 heteroatoms. The van der Waals surface area contributed by atoms with Crippen molar-refractivity contribution in [3.8, 4) is 0 Å². The summed E-state index contributed by atoms with van der Waals surface area (Å²) in [5.74, 6) is -2.38. The molecule has 110 valence electrons. The van der Waals surface area contributed by atoms with Gasteiger partial charge in [-0.05, 0) is 25.0 Å². The van der Waals surface area contributed by atoms with Gasteiger partial charge in [0.15, 0.2) is 0 Å². The standard InChI is InChI=1S/C13H18N2O4S/c1-3-4-9-5-10(20-8(9)2)13(19)15(6-11(14)16)7-12(17)18/h5H,3-4,6-7H2,1-2H3,(H2,14,16)(H,17,18). The monoisotopic (exact) mass is 298 g/mol. The van der Waals surface area contributed by atoms with Gasteiger partial charge in [-0.2, -0.15) is 0 Å². The SMILES string of the molecule is CCCc1cc(C(=O)N(CC(N)=O)CC(=O)O)sc1C. The Morgan fingerprint density at radius 1 is 1.35 bits per heavy atom. The molecule has 0 bridgehead atoms. The van der Waals surface area contributed by atoms with Gasteiger partial charge in [0.1, 0.15) is 13.1 Å². The fraction of sp³-hybridized carbons (Fsp3) is 0.462. The number of aliphatic carboxylic acids is 1. The number of rotatable bonds is 7. The van der Waals surface area contributed by atoms with Crippen LogP contribution in [0.3, 0.4) is 0 Å². The van der Waals surface area contributed by atoms with Crippen molar-refractivity contribution in [2.75, 3.05) is 13.1 Å². The number of primary amides is 1. The van der Waals surface area contributed by atoms with Crippen LogP contribution in [0.5, 0.6) is 0 Å². The summed E-state index contributed by atoms with van der Waals surface area (Å²) in [5.41, 5.74) is 6.12. The molecule has 0 saturated heterocycles. The lowest BCUT2D eigenvalue weighted by Crippen LogP contribution is -2.41. The predicted molar refractivity (Wildman–Crippen MR) is 75.8 cm³/mol. The number of hydrogen-bond donors (Lipinski definition) is 2. The highest BCUT2D eigenvalue weighted by Crippen LogP contribution is 2.24. The van der Waals surface area contributed by atoms with Crippen molar-refractivity contribution >= 4 is 29.1 Å². The van der Waals surface area contributed by atoms with E-state index in [1.165, 1.54) is 11.3 Å². The Hall–Kier alpha value is -1.89. The zero-order chi connectivity index (χ0) is 15.3. The van der Waals surface area contributed by atoms with Crippen LogP contribution >= 0.6 is 11.3 Å². The Labute approximate surface area is 121 Å². The number of carboxylic acids is 1. The van der Waals surface area contributed by atoms with Crippen molar-refractivity contribution in [3.05, 3.63) is 21.4 Å². The molecule has 3 N–H and O–H groups in total. The highest BCUT2D eigenvalue weighted by atomic mass is 32.1. The van der Waals surface area contributed by atoms with Crippen molar-refractivity contribution in [2.45, 2.75) is 26.7 Å². The number of hydrogen-bond acceptors (Lipinski definition) is 4. The Bertz CT molecular complexity index is 508. The fourth-order valence-electron chi connectivity index (χ4n) is 1.85. The van der Waals surface area contributed by atoms with Gasteiger partial charge in [-0.15, -0.1) is 11.3 Å². The molecule has 6 nitrogen and oxygen atoms in total. The van der Waals surface area contributed by atoms with Gasteiger partial charge in [-0.3, -0.25) is 14.4 Å². The molecule has 0 saturated carbocycles. The number of aryl methyl sites for hydroxylation is 2. The molecule has 0 unspecified atom stereocenters. The largest absolute Gasteiger partial charge is 0.480 e. The lowest BCUT2D eigenvalue weighted by molar-refractivity contribution is -0.138. The molecule has 1 aromatic rings. The third kappa shape index (κ3) is 4.34. The number of carbonyl (C=O) groups is 3. The van der Waals surface area contributed by atoms with E-state index in [0.29, 0.717) is 4.88 Å². The predicted octanol–water partition coefficient (Wildman–Crippen LogP) is 1.02. The number of nitrogens with zero attached hydrogens (tertiary/aromatic N) is 1. The molecule has 1 aromatic heterocycles. The van der Waals surface area contributed by atoms with Crippen LogP contribution < -0.4 is 5.73 Å². The molecular formula is C13H18N2O4S. The van der Waals surface area contributed by atoms with Crippen LogP contribution in [0.15, 0.2) is 6.07 Å². The molecule has 0 aliphatic heterocycles. The fourth-order valence-corrected chi connectivity index (χ4v) is 2.89. The topological polar surface area (TPSA) is 101 Å². The first kappa shape index (κ1) is 16.2. The molecule has 1 rings (SSSR count). The second kappa shape index (κ2) is 7.04. The minimum atomic E-state index is -1.18. The minimum absolute atomic E-state index is 0.398. The Balaban J connectivity index is 2.95. The Kier molecular flexibility index (Phi) is 5.69. The van der Waals surface area contributed by atoms with E-state index in [1.807, 2.05) is 13.8 Å². The average molecular weight is 298 g/mol. The number of carboxylic acid groups (broad SMARTS) is 1. The van der Waals surface area contributed by atoms with Gasteiger partial charge in [-0.25, -0.2) is 0 Å². The van der Waals surface area contributed by atoms with Gasteiger partial charge in [0, 0.05) is 4.88 Å². The molecule has 1 heterocycles. The molecule has 0 radical (unpaired) electrons. The smallest absolute Gasteiger partial charge is 0.323 e. The summed E-state index contributed by atoms with van der Waals surface area (Å²) in [6, 6.07) is 1.77. The van der Waals surface area contributed by atoms with Gasteiger partial charge >= 0.3 is 5.97 Å². The third-order valence-corrected chi connectivity index (χ3v) is 3.79. The van der Waals surface area contributed by atoms with Crippen LogP contribution in [0.4, 0.5) is 0 Å². The summed E-state index contributed by atoms with van der Waals surface area (Å²) in [6.07, 6.45) is 1.83. The van der Waals surface area contributed by atoms with E-state index < -0.39 is 30.9 Å². The van der Waals surface area contributed by atoms with Crippen LogP contribution in [-0.2, 0) is 16.0 Å². The quantitative estimate of drug-likeness (QED) is 0.784. The first-order valence-corrected chi connectivity index (χ1v) is 7.05. The second-order valence-corrected chi connectivity index (χ2v) is 5.72. The van der Waals surface area contributed by atoms with Crippen molar-refractivity contribution in [1.82, 2.24) is 4.90 Å². The average Bonchev–Trinajstić information content (AvgIpc) is 2.68. The van der Waals surface area contributed by atoms with Crippen molar-refractivity contribution < 1.29 is 19.5 Å². The number of amides is 2. The number of thiophene rings is 1. The van der Waals surface area contributed by atoms with E-state index in [-0.39, 0.29) is 0 Å². The summed E-state index contributed by atoms with van der Waals surface area (Å²) in [6.45, 7) is 3.03. The van der Waals surface area contributed by atoms with Crippen LogP contribution in [0.1, 0.15) is 33.5 Å². The first-order valence-electron chi connectivity index (χ1n) is 6.23. The van der Waals surface area contributed by atoms with E-state index in [2.05, 4.69) is 0 Å². The van der Waals surface area contributed by atoms with Gasteiger partial charge in [0.2, 0.25) is 5.91 Å². The van der Waals surface area contributed by atoms with Crippen molar-refractivity contribution in [3.63, 3.8) is 0 Å². The zero-order valence-electron chi connectivity index (χ0n) is 11.5. The highest BCUT2D eigenvalue weighted by molar-refractivity contribution is 7.14. The molecule has 0 aliphatic rings. The van der Waals surface area contributed by atoms with E-state index in [1.54, 1.807) is 6.07 Å². The van der Waals surface area contributed by atoms with Crippen molar-refractivity contribution in [2.24, 2.45) is 5.73 Å². The molecule has 2 amide bonds. The molecule has 0 aliphatic carbocycles. The van der Waals surface area contributed by atoms with Gasteiger partial charge < -0.3 is 15.7 Å². The van der Waals surface area contributed by atoms with Crippen molar-refractivity contribution in [1.29, 1.82) is 0 Å². The van der Waals surface area contributed by atoms with Crippen LogP contribution in [0.2, 0.25) is 0 Å². The number of carbonyl (C=O) groups excluding carboxylic acids is 2. The lowest BCUT2D eigenvalue weighted by Gasteiger charge is -2.17. The van der Waals surface area contributed by atoms with E-state index in [0.717, 1.165) is 28.2 Å². The summed E-state index contributed by atoms with van der Waals surface area (Å²) in [4.78, 5) is 36.4. The maximum Gasteiger partial charge on any atom is 0.323 e. The van der Waals surface area contributed by atoms with Crippen LogP contribution in [0, 0.1) is 6.92 Å². The van der Waals surface area contributed by atoms with E-state index in [4.69, 9.17) is 10.8 Å². The first-order chi connectivity index (χ1) is 9.35. The maximum atomic E-state index is 12.3. The molecule has 20 heavy (non-hydrogen) atoms. The van der Waals surface area contributed by atoms with E-state index >= 15 is 0 Å². The molecule has 0 aromatic carbocycles. The Morgan fingerprint density at radius 2 is 2.00 bits per heavy atom. The summed E-state index contributed by atoms with van der Waals surface area (Å²) in [7, 11) is 0. The van der Waals surface area contributed by atoms with Crippen LogP contribution in [-0.4, -0.2) is 40.9 Å². The molecular weight excluding hydrogens is 280 g/mol. The van der Waals surface area contributed by atoms with Gasteiger partial charge in [0.05, 0.1) is 4.88 Å². The molecule has 0 fully saturated rings. The van der Waals surface area contributed by atoms with E-state index in [9.17, 15) is 14.4 Å². The minimum Gasteiger partial charge on any atom is -0.480 e. The molecule has 0 atom stereocenters. The molecule has 0 spiro atoms. The van der Waals surface area contributed by atoms with Gasteiger partial charge in [-0.1, -0.05) is 13.3 Å². The zero-order valence-corrected chi connectivity index (χ0v) is 12.3. The maximum absolute atomic E-state index is 12.3. The second-order valence-electron chi connectivity index (χ2n) is 4.46. The van der Waals surface area contributed by atoms with Crippen LogP contribution in [0.25, 0.3) is 0 Å². The summed E-state index contributed by atoms with van der Waals surface area (Å²) < 4.78 is 0. The third-order valence-electron chi connectivity index (χ3n) is 2.71.